The van der Waals surface area contributed by atoms with Crippen molar-refractivity contribution in [3.05, 3.63) is 66.2 Å². The first-order valence-electron chi connectivity index (χ1n) is 10.3. The first-order valence-corrected chi connectivity index (χ1v) is 10.3. The summed E-state index contributed by atoms with van der Waals surface area (Å²) in [5.74, 6) is -0.0285. The highest BCUT2D eigenvalue weighted by Gasteiger charge is 2.59. The lowest BCUT2D eigenvalue weighted by Gasteiger charge is -2.17. The number of nitrogens with zero attached hydrogens (tertiary/aromatic N) is 1. The second-order valence-electron chi connectivity index (χ2n) is 7.94. The highest BCUT2D eigenvalue weighted by Crippen LogP contribution is 2.53. The van der Waals surface area contributed by atoms with Gasteiger partial charge in [-0.3, -0.25) is 19.3 Å². The van der Waals surface area contributed by atoms with Gasteiger partial charge in [0.2, 0.25) is 11.8 Å². The topological polar surface area (TPSA) is 75.7 Å². The molecule has 4 atom stereocenters. The van der Waals surface area contributed by atoms with Gasteiger partial charge in [0.1, 0.15) is 5.75 Å². The Hall–Kier alpha value is -3.41. The molecule has 0 radical (unpaired) electrons. The van der Waals surface area contributed by atoms with E-state index < -0.39 is 0 Å². The molecule has 30 heavy (non-hydrogen) atoms. The second-order valence-corrected chi connectivity index (χ2v) is 7.94. The molecule has 1 saturated heterocycles. The van der Waals surface area contributed by atoms with E-state index in [9.17, 15) is 14.4 Å². The number of carbonyl (C=O) groups excluding carboxylic acids is 3. The van der Waals surface area contributed by atoms with Crippen LogP contribution in [0.3, 0.4) is 0 Å². The van der Waals surface area contributed by atoms with E-state index in [-0.39, 0.29) is 41.4 Å². The molecule has 2 aromatic rings. The summed E-state index contributed by atoms with van der Waals surface area (Å²) in [7, 11) is 0. The van der Waals surface area contributed by atoms with Crippen LogP contribution in [0.5, 0.6) is 5.75 Å². The van der Waals surface area contributed by atoms with Crippen molar-refractivity contribution in [2.45, 2.75) is 13.3 Å². The zero-order valence-corrected chi connectivity index (χ0v) is 16.6. The van der Waals surface area contributed by atoms with Gasteiger partial charge in [0.05, 0.1) is 29.8 Å². The van der Waals surface area contributed by atoms with Crippen LogP contribution in [0.2, 0.25) is 0 Å². The Morgan fingerprint density at radius 1 is 1.00 bits per heavy atom. The number of para-hydroxylation sites is 2. The number of anilines is 2. The van der Waals surface area contributed by atoms with Crippen molar-refractivity contribution < 1.29 is 19.1 Å². The molecule has 1 aliphatic heterocycles. The van der Waals surface area contributed by atoms with Crippen molar-refractivity contribution in [3.63, 3.8) is 0 Å². The summed E-state index contributed by atoms with van der Waals surface area (Å²) < 4.78 is 5.54. The van der Waals surface area contributed by atoms with Gasteiger partial charge in [0, 0.05) is 5.56 Å². The molecular formula is C24H22N2O4. The van der Waals surface area contributed by atoms with E-state index in [0.717, 1.165) is 6.42 Å². The lowest BCUT2D eigenvalue weighted by molar-refractivity contribution is -0.123. The fraction of sp³-hybridized carbons (Fsp3) is 0.292. The second kappa shape index (κ2) is 7.13. The molecule has 0 spiro atoms. The van der Waals surface area contributed by atoms with Crippen LogP contribution >= 0.6 is 0 Å². The average Bonchev–Trinajstić information content (AvgIpc) is 3.44. The maximum atomic E-state index is 12.9. The lowest BCUT2D eigenvalue weighted by Crippen LogP contribution is -2.32. The molecule has 6 nitrogen and oxygen atoms in total. The molecule has 3 amide bonds. The van der Waals surface area contributed by atoms with Crippen LogP contribution in [0, 0.1) is 23.7 Å². The lowest BCUT2D eigenvalue weighted by atomic mass is 9.85. The molecule has 1 heterocycles. The number of fused-ring (bicyclic) bond motifs is 5. The van der Waals surface area contributed by atoms with Gasteiger partial charge in [-0.05, 0) is 61.6 Å². The largest absolute Gasteiger partial charge is 0.492 e. The van der Waals surface area contributed by atoms with Gasteiger partial charge < -0.3 is 10.1 Å². The number of amides is 3. The molecule has 3 aliphatic rings. The van der Waals surface area contributed by atoms with Gasteiger partial charge in [-0.25, -0.2) is 0 Å². The van der Waals surface area contributed by atoms with Gasteiger partial charge >= 0.3 is 0 Å². The fourth-order valence-corrected chi connectivity index (χ4v) is 4.96. The SMILES string of the molecule is CCOc1ccccc1NC(=O)c1ccc(N2C(=O)C3C4C=CC(C4)C3C2=O)cc1. The Balaban J connectivity index is 1.34. The average molecular weight is 402 g/mol. The van der Waals surface area contributed by atoms with Crippen molar-refractivity contribution in [1.29, 1.82) is 0 Å². The third-order valence-electron chi connectivity index (χ3n) is 6.29. The van der Waals surface area contributed by atoms with Crippen molar-refractivity contribution in [2.75, 3.05) is 16.8 Å². The summed E-state index contributed by atoms with van der Waals surface area (Å²) in [6, 6.07) is 13.8. The maximum Gasteiger partial charge on any atom is 0.255 e. The van der Waals surface area contributed by atoms with Crippen LogP contribution in [-0.2, 0) is 9.59 Å². The number of carbonyl (C=O) groups is 3. The smallest absolute Gasteiger partial charge is 0.255 e. The van der Waals surface area contributed by atoms with E-state index in [0.29, 0.717) is 29.3 Å². The Morgan fingerprint density at radius 2 is 1.63 bits per heavy atom. The molecule has 6 heteroatoms. The van der Waals surface area contributed by atoms with Gasteiger partial charge in [-0.2, -0.15) is 0 Å². The molecule has 2 aliphatic carbocycles. The summed E-state index contributed by atoms with van der Waals surface area (Å²) in [5, 5.41) is 2.85. The zero-order chi connectivity index (χ0) is 20.8. The Labute approximate surface area is 174 Å². The van der Waals surface area contributed by atoms with Crippen LogP contribution in [0.25, 0.3) is 0 Å². The number of hydrogen-bond donors (Lipinski definition) is 1. The molecule has 2 fully saturated rings. The molecule has 2 aromatic carbocycles. The number of benzene rings is 2. The molecule has 4 unspecified atom stereocenters. The van der Waals surface area contributed by atoms with Gasteiger partial charge in [-0.15, -0.1) is 0 Å². The van der Waals surface area contributed by atoms with Gasteiger partial charge in [-0.1, -0.05) is 24.3 Å². The van der Waals surface area contributed by atoms with E-state index in [1.165, 1.54) is 4.90 Å². The molecule has 1 N–H and O–H groups in total. The minimum atomic E-state index is -0.285. The van der Waals surface area contributed by atoms with Crippen LogP contribution in [0.1, 0.15) is 23.7 Å². The number of allylic oxidation sites excluding steroid dienone is 2. The van der Waals surface area contributed by atoms with Crippen molar-refractivity contribution in [2.24, 2.45) is 23.7 Å². The standard InChI is InChI=1S/C24H22N2O4/c1-2-30-19-6-4-3-5-18(19)25-22(27)14-9-11-17(12-10-14)26-23(28)20-15-7-8-16(13-15)21(20)24(26)29/h3-12,15-16,20-21H,2,13H2,1H3,(H,25,27). The number of nitrogens with one attached hydrogen (secondary N) is 1. The number of hydrogen-bond acceptors (Lipinski definition) is 4. The third kappa shape index (κ3) is 2.83. The van der Waals surface area contributed by atoms with Crippen LogP contribution in [0.15, 0.2) is 60.7 Å². The summed E-state index contributed by atoms with van der Waals surface area (Å²) in [5.41, 5.74) is 1.55. The minimum absolute atomic E-state index is 0.121. The highest BCUT2D eigenvalue weighted by molar-refractivity contribution is 6.23. The first-order chi connectivity index (χ1) is 14.6. The molecule has 0 aromatic heterocycles. The van der Waals surface area contributed by atoms with Crippen molar-refractivity contribution >= 4 is 29.1 Å². The monoisotopic (exact) mass is 402 g/mol. The zero-order valence-electron chi connectivity index (χ0n) is 16.6. The van der Waals surface area contributed by atoms with Crippen LogP contribution < -0.4 is 15.0 Å². The Morgan fingerprint density at radius 3 is 2.27 bits per heavy atom. The predicted octanol–water partition coefficient (Wildman–Crippen LogP) is 3.65. The van der Waals surface area contributed by atoms with Crippen molar-refractivity contribution in [1.82, 2.24) is 0 Å². The van der Waals surface area contributed by atoms with Crippen LogP contribution in [0.4, 0.5) is 11.4 Å². The van der Waals surface area contributed by atoms with E-state index in [4.69, 9.17) is 4.74 Å². The summed E-state index contributed by atoms with van der Waals surface area (Å²) in [6.45, 7) is 2.38. The van der Waals surface area contributed by atoms with Crippen LogP contribution in [-0.4, -0.2) is 24.3 Å². The molecule has 2 bridgehead atoms. The summed E-state index contributed by atoms with van der Waals surface area (Å²) in [6.07, 6.45) is 5.06. The van der Waals surface area contributed by atoms with E-state index >= 15 is 0 Å². The first kappa shape index (κ1) is 18.6. The molecule has 1 saturated carbocycles. The summed E-state index contributed by atoms with van der Waals surface area (Å²) >= 11 is 0. The fourth-order valence-electron chi connectivity index (χ4n) is 4.96. The third-order valence-corrected chi connectivity index (χ3v) is 6.29. The highest BCUT2D eigenvalue weighted by atomic mass is 16.5. The van der Waals surface area contributed by atoms with Gasteiger partial charge in [0.15, 0.2) is 0 Å². The quantitative estimate of drug-likeness (QED) is 0.612. The normalized spacial score (nSPS) is 26.2. The minimum Gasteiger partial charge on any atom is -0.492 e. The van der Waals surface area contributed by atoms with E-state index in [1.54, 1.807) is 36.4 Å². The predicted molar refractivity (Wildman–Crippen MR) is 112 cm³/mol. The Kier molecular flexibility index (Phi) is 4.42. The van der Waals surface area contributed by atoms with Gasteiger partial charge in [0.25, 0.3) is 5.91 Å². The molecule has 152 valence electrons. The maximum absolute atomic E-state index is 12.9. The number of rotatable bonds is 5. The van der Waals surface area contributed by atoms with Crippen molar-refractivity contribution in [3.8, 4) is 5.75 Å². The Bertz CT molecular complexity index is 1030. The number of imide groups is 1. The number of ether oxygens (including phenoxy) is 1. The molecule has 5 rings (SSSR count). The summed E-state index contributed by atoms with van der Waals surface area (Å²) in [4.78, 5) is 39.8. The van der Waals surface area contributed by atoms with E-state index in [2.05, 4.69) is 17.5 Å². The van der Waals surface area contributed by atoms with E-state index in [1.807, 2.05) is 19.1 Å². The molecular weight excluding hydrogens is 380 g/mol.